The van der Waals surface area contributed by atoms with Crippen LogP contribution in [0, 0.1) is 11.8 Å². The van der Waals surface area contributed by atoms with Crippen LogP contribution in [-0.2, 0) is 9.53 Å². The van der Waals surface area contributed by atoms with Crippen LogP contribution in [0.5, 0.6) is 0 Å². The Balaban J connectivity index is 2.22. The zero-order valence-corrected chi connectivity index (χ0v) is 7.54. The number of hydrogen-bond donors (Lipinski definition) is 0. The maximum absolute atomic E-state index is 11.2. The summed E-state index contributed by atoms with van der Waals surface area (Å²) < 4.78 is 5.23. The zero-order valence-electron chi connectivity index (χ0n) is 7.54. The molecule has 0 N–H and O–H groups in total. The first-order valence-corrected chi connectivity index (χ1v) is 4.56. The molecular weight excluding hydrogens is 152 g/mol. The van der Waals surface area contributed by atoms with Crippen LogP contribution in [0.25, 0.3) is 0 Å². The summed E-state index contributed by atoms with van der Waals surface area (Å²) in [4.78, 5) is 11.2. The molecule has 2 heteroatoms. The van der Waals surface area contributed by atoms with Crippen molar-refractivity contribution in [2.24, 2.45) is 11.8 Å². The summed E-state index contributed by atoms with van der Waals surface area (Å²) in [5.74, 6) is 0.538. The fourth-order valence-corrected chi connectivity index (χ4v) is 2.12. The summed E-state index contributed by atoms with van der Waals surface area (Å²) in [5, 5.41) is 0. The van der Waals surface area contributed by atoms with Crippen molar-refractivity contribution in [2.75, 3.05) is 0 Å². The molecule has 0 radical (unpaired) electrons. The zero-order chi connectivity index (χ0) is 8.72. The molecule has 1 fully saturated rings. The molecule has 2 nitrogen and oxygen atoms in total. The first kappa shape index (κ1) is 7.84. The maximum atomic E-state index is 11.2. The van der Waals surface area contributed by atoms with Crippen molar-refractivity contribution in [3.8, 4) is 0 Å². The van der Waals surface area contributed by atoms with Crippen LogP contribution in [-0.4, -0.2) is 12.1 Å². The molecule has 1 heterocycles. The van der Waals surface area contributed by atoms with E-state index in [1.165, 1.54) is 5.57 Å². The van der Waals surface area contributed by atoms with Gasteiger partial charge in [-0.15, -0.1) is 0 Å². The van der Waals surface area contributed by atoms with Crippen LogP contribution >= 0.6 is 0 Å². The summed E-state index contributed by atoms with van der Waals surface area (Å²) >= 11 is 0. The van der Waals surface area contributed by atoms with Crippen molar-refractivity contribution < 1.29 is 9.53 Å². The van der Waals surface area contributed by atoms with Gasteiger partial charge in [-0.1, -0.05) is 12.5 Å². The molecule has 0 bridgehead atoms. The number of esters is 1. The molecule has 12 heavy (non-hydrogen) atoms. The molecule has 0 aromatic carbocycles. The van der Waals surface area contributed by atoms with Gasteiger partial charge in [0.05, 0.1) is 5.92 Å². The van der Waals surface area contributed by atoms with E-state index >= 15 is 0 Å². The van der Waals surface area contributed by atoms with Crippen molar-refractivity contribution in [3.63, 3.8) is 0 Å². The Morgan fingerprint density at radius 3 is 3.08 bits per heavy atom. The van der Waals surface area contributed by atoms with Crippen molar-refractivity contribution >= 4 is 5.97 Å². The van der Waals surface area contributed by atoms with E-state index in [-0.39, 0.29) is 18.0 Å². The minimum Gasteiger partial charge on any atom is -0.458 e. The molecule has 0 amide bonds. The number of rotatable bonds is 0. The molecule has 2 rings (SSSR count). The molecule has 0 saturated carbocycles. The van der Waals surface area contributed by atoms with Gasteiger partial charge in [0.15, 0.2) is 0 Å². The van der Waals surface area contributed by atoms with Crippen molar-refractivity contribution in [1.29, 1.82) is 0 Å². The van der Waals surface area contributed by atoms with Gasteiger partial charge in [-0.3, -0.25) is 4.79 Å². The number of carbonyl (C=O) groups is 1. The largest absolute Gasteiger partial charge is 0.458 e. The van der Waals surface area contributed by atoms with E-state index in [4.69, 9.17) is 4.74 Å². The smallest absolute Gasteiger partial charge is 0.309 e. The Hall–Kier alpha value is -0.790. The molecule has 2 aliphatic rings. The van der Waals surface area contributed by atoms with Crippen LogP contribution in [0.15, 0.2) is 11.6 Å². The second-order valence-corrected chi connectivity index (χ2v) is 3.91. The van der Waals surface area contributed by atoms with Crippen LogP contribution in [0.2, 0.25) is 0 Å². The molecule has 66 valence electrons. The van der Waals surface area contributed by atoms with E-state index in [1.54, 1.807) is 0 Å². The molecule has 0 aromatic rings. The van der Waals surface area contributed by atoms with E-state index in [2.05, 4.69) is 13.0 Å². The normalized spacial score (nSPS) is 40.3. The Bertz CT molecular complexity index is 242. The average Bonchev–Trinajstić information content (AvgIpc) is 2.28. The lowest BCUT2D eigenvalue weighted by Gasteiger charge is -2.22. The summed E-state index contributed by atoms with van der Waals surface area (Å²) in [6, 6.07) is 0. The highest BCUT2D eigenvalue weighted by Crippen LogP contribution is 2.37. The van der Waals surface area contributed by atoms with Crippen LogP contribution in [0.3, 0.4) is 0 Å². The van der Waals surface area contributed by atoms with Crippen LogP contribution in [0.4, 0.5) is 0 Å². The maximum Gasteiger partial charge on any atom is 0.309 e. The minimum atomic E-state index is -0.0176. The van der Waals surface area contributed by atoms with E-state index in [0.717, 1.165) is 12.8 Å². The molecule has 1 aliphatic heterocycles. The number of fused-ring (bicyclic) bond motifs is 1. The number of allylic oxidation sites excluding steroid dienone is 1. The minimum absolute atomic E-state index is 0.0176. The van der Waals surface area contributed by atoms with Gasteiger partial charge in [-0.25, -0.2) is 0 Å². The predicted octanol–water partition coefficient (Wildman–Crippen LogP) is 1.90. The van der Waals surface area contributed by atoms with Gasteiger partial charge in [-0.05, 0) is 25.8 Å². The standard InChI is InChI=1S/C10H14O2/c1-6-3-4-8-7(2)10(11)12-9(8)5-6/h5,7-9H,3-4H2,1-2H3/t7-,8+,9?/m0/s1. The Labute approximate surface area is 72.6 Å². The van der Waals surface area contributed by atoms with Gasteiger partial charge in [0.2, 0.25) is 0 Å². The highest BCUT2D eigenvalue weighted by molar-refractivity contribution is 5.75. The first-order valence-electron chi connectivity index (χ1n) is 4.56. The lowest BCUT2D eigenvalue weighted by molar-refractivity contribution is -0.142. The van der Waals surface area contributed by atoms with Gasteiger partial charge >= 0.3 is 5.97 Å². The highest BCUT2D eigenvalue weighted by atomic mass is 16.6. The monoisotopic (exact) mass is 166 g/mol. The molecule has 1 unspecified atom stereocenters. The third-order valence-electron chi connectivity index (χ3n) is 3.01. The van der Waals surface area contributed by atoms with Crippen molar-refractivity contribution in [3.05, 3.63) is 11.6 Å². The summed E-state index contributed by atoms with van der Waals surface area (Å²) in [7, 11) is 0. The van der Waals surface area contributed by atoms with E-state index in [1.807, 2.05) is 6.92 Å². The van der Waals surface area contributed by atoms with E-state index in [0.29, 0.717) is 5.92 Å². The van der Waals surface area contributed by atoms with Crippen molar-refractivity contribution in [2.45, 2.75) is 32.8 Å². The van der Waals surface area contributed by atoms with Gasteiger partial charge in [0, 0.05) is 5.92 Å². The number of carbonyl (C=O) groups excluding carboxylic acids is 1. The van der Waals surface area contributed by atoms with Crippen LogP contribution < -0.4 is 0 Å². The molecule has 1 aliphatic carbocycles. The topological polar surface area (TPSA) is 26.3 Å². The average molecular weight is 166 g/mol. The predicted molar refractivity (Wildman–Crippen MR) is 45.5 cm³/mol. The van der Waals surface area contributed by atoms with Gasteiger partial charge in [0.25, 0.3) is 0 Å². The lowest BCUT2D eigenvalue weighted by Crippen LogP contribution is -2.21. The fourth-order valence-electron chi connectivity index (χ4n) is 2.12. The van der Waals surface area contributed by atoms with Gasteiger partial charge in [0.1, 0.15) is 6.10 Å². The summed E-state index contributed by atoms with van der Waals surface area (Å²) in [5.41, 5.74) is 1.36. The second-order valence-electron chi connectivity index (χ2n) is 3.91. The summed E-state index contributed by atoms with van der Waals surface area (Å²) in [6.45, 7) is 4.08. The first-order chi connectivity index (χ1) is 5.68. The lowest BCUT2D eigenvalue weighted by atomic mass is 9.82. The molecule has 0 spiro atoms. The fraction of sp³-hybridized carbons (Fsp3) is 0.700. The van der Waals surface area contributed by atoms with Gasteiger partial charge < -0.3 is 4.74 Å². The number of ether oxygens (including phenoxy) is 1. The van der Waals surface area contributed by atoms with Crippen molar-refractivity contribution in [1.82, 2.24) is 0 Å². The van der Waals surface area contributed by atoms with Gasteiger partial charge in [-0.2, -0.15) is 0 Å². The Morgan fingerprint density at radius 1 is 1.58 bits per heavy atom. The molecule has 0 aromatic heterocycles. The Kier molecular flexibility index (Phi) is 1.71. The third kappa shape index (κ3) is 1.06. The molecule has 3 atom stereocenters. The molecular formula is C10H14O2. The highest BCUT2D eigenvalue weighted by Gasteiger charge is 2.41. The van der Waals surface area contributed by atoms with Crippen LogP contribution in [0.1, 0.15) is 26.7 Å². The second kappa shape index (κ2) is 2.61. The van der Waals surface area contributed by atoms with E-state index in [9.17, 15) is 4.79 Å². The summed E-state index contributed by atoms with van der Waals surface area (Å²) in [6.07, 6.45) is 4.43. The molecule has 1 saturated heterocycles. The van der Waals surface area contributed by atoms with E-state index < -0.39 is 0 Å². The SMILES string of the molecule is CC1=CC2OC(=O)[C@@H](C)[C@H]2CC1. The number of hydrogen-bond acceptors (Lipinski definition) is 2. The quantitative estimate of drug-likeness (QED) is 0.406. The Morgan fingerprint density at radius 2 is 2.33 bits per heavy atom. The third-order valence-corrected chi connectivity index (χ3v) is 3.01.